The second kappa shape index (κ2) is 4.63. The highest BCUT2D eigenvalue weighted by Crippen LogP contribution is 2.08. The van der Waals surface area contributed by atoms with Crippen molar-refractivity contribution in [1.82, 2.24) is 9.97 Å². The molecular weight excluding hydrogens is 198 g/mol. The molecule has 0 aliphatic heterocycles. The fraction of sp³-hybridized carbons (Fsp3) is 0.231. The normalized spacial score (nSPS) is 10.0. The van der Waals surface area contributed by atoms with Crippen LogP contribution in [0.2, 0.25) is 0 Å². The van der Waals surface area contributed by atoms with Gasteiger partial charge >= 0.3 is 0 Å². The van der Waals surface area contributed by atoms with Gasteiger partial charge in [-0.3, -0.25) is 0 Å². The Morgan fingerprint density at radius 2 is 2.06 bits per heavy atom. The fourth-order valence-corrected chi connectivity index (χ4v) is 1.57. The predicted molar refractivity (Wildman–Crippen MR) is 61.9 cm³/mol. The summed E-state index contributed by atoms with van der Waals surface area (Å²) in [6, 6.07) is 9.70. The Hall–Kier alpha value is -2.08. The maximum atomic E-state index is 8.68. The third-order valence-electron chi connectivity index (χ3n) is 2.52. The van der Waals surface area contributed by atoms with Gasteiger partial charge in [-0.15, -0.1) is 0 Å². The molecule has 0 fully saturated rings. The monoisotopic (exact) mass is 211 g/mol. The number of benzene rings is 1. The Kier molecular flexibility index (Phi) is 3.02. The largest absolute Gasteiger partial charge is 0.346 e. The van der Waals surface area contributed by atoms with Crippen molar-refractivity contribution in [3.05, 3.63) is 53.1 Å². The first-order chi connectivity index (χ1) is 7.81. The van der Waals surface area contributed by atoms with Gasteiger partial charge in [0.25, 0.3) is 0 Å². The number of nitriles is 1. The van der Waals surface area contributed by atoms with E-state index in [4.69, 9.17) is 5.26 Å². The molecule has 1 heterocycles. The lowest BCUT2D eigenvalue weighted by atomic mass is 10.1. The molecular formula is C13H13N3. The van der Waals surface area contributed by atoms with Gasteiger partial charge in [0.15, 0.2) is 0 Å². The van der Waals surface area contributed by atoms with E-state index < -0.39 is 0 Å². The van der Waals surface area contributed by atoms with Gasteiger partial charge in [0, 0.05) is 18.3 Å². The number of H-pyrrole nitrogens is 1. The van der Waals surface area contributed by atoms with Gasteiger partial charge in [-0.2, -0.15) is 5.26 Å². The molecule has 0 radical (unpaired) electrons. The first-order valence-corrected chi connectivity index (χ1v) is 5.33. The van der Waals surface area contributed by atoms with Crippen LogP contribution >= 0.6 is 0 Å². The van der Waals surface area contributed by atoms with Crippen molar-refractivity contribution in [2.24, 2.45) is 0 Å². The predicted octanol–water partition coefficient (Wildman–Crippen LogP) is 2.43. The summed E-state index contributed by atoms with van der Waals surface area (Å²) >= 11 is 0. The number of hydrogen-bond donors (Lipinski definition) is 1. The zero-order valence-electron chi connectivity index (χ0n) is 9.20. The second-order valence-electron chi connectivity index (χ2n) is 3.69. The average Bonchev–Trinajstić information content (AvgIpc) is 2.78. The van der Waals surface area contributed by atoms with Gasteiger partial charge in [-0.1, -0.05) is 19.1 Å². The van der Waals surface area contributed by atoms with Crippen LogP contribution in [0.3, 0.4) is 0 Å². The van der Waals surface area contributed by atoms with Crippen LogP contribution in [0.5, 0.6) is 0 Å². The van der Waals surface area contributed by atoms with Gasteiger partial charge in [0.1, 0.15) is 5.82 Å². The maximum Gasteiger partial charge on any atom is 0.110 e. The van der Waals surface area contributed by atoms with E-state index in [2.05, 4.69) is 23.0 Å². The van der Waals surface area contributed by atoms with Gasteiger partial charge in [0.2, 0.25) is 0 Å². The molecule has 0 aliphatic carbocycles. The number of aryl methyl sites for hydroxylation is 1. The van der Waals surface area contributed by atoms with Gasteiger partial charge in [-0.05, 0) is 24.1 Å². The smallest absolute Gasteiger partial charge is 0.110 e. The summed E-state index contributed by atoms with van der Waals surface area (Å²) in [6.07, 6.45) is 3.63. The van der Waals surface area contributed by atoms with E-state index in [1.807, 2.05) is 30.5 Å². The lowest BCUT2D eigenvalue weighted by Gasteiger charge is -1.98. The topological polar surface area (TPSA) is 52.5 Å². The van der Waals surface area contributed by atoms with Crippen molar-refractivity contribution in [2.45, 2.75) is 19.8 Å². The highest BCUT2D eigenvalue weighted by Gasteiger charge is 2.01. The molecule has 0 amide bonds. The molecule has 3 heteroatoms. The van der Waals surface area contributed by atoms with Gasteiger partial charge in [0.05, 0.1) is 11.6 Å². The molecule has 0 saturated carbocycles. The molecule has 2 rings (SSSR count). The minimum absolute atomic E-state index is 0.692. The Balaban J connectivity index is 2.11. The fourth-order valence-electron chi connectivity index (χ4n) is 1.57. The van der Waals surface area contributed by atoms with Crippen molar-refractivity contribution in [2.75, 3.05) is 0 Å². The van der Waals surface area contributed by atoms with E-state index in [1.165, 1.54) is 0 Å². The Bertz CT molecular complexity index is 503. The number of rotatable bonds is 3. The third kappa shape index (κ3) is 2.29. The van der Waals surface area contributed by atoms with Crippen LogP contribution in [0, 0.1) is 11.3 Å². The number of nitrogens with zero attached hydrogens (tertiary/aromatic N) is 2. The summed E-state index contributed by atoms with van der Waals surface area (Å²) in [5, 5.41) is 8.68. The number of nitrogens with one attached hydrogen (secondary N) is 1. The quantitative estimate of drug-likeness (QED) is 0.847. The molecule has 80 valence electrons. The van der Waals surface area contributed by atoms with Gasteiger partial charge in [-0.25, -0.2) is 4.98 Å². The zero-order chi connectivity index (χ0) is 11.4. The van der Waals surface area contributed by atoms with E-state index in [9.17, 15) is 0 Å². The van der Waals surface area contributed by atoms with E-state index in [0.29, 0.717) is 5.56 Å². The molecule has 2 aromatic rings. The van der Waals surface area contributed by atoms with Crippen molar-refractivity contribution < 1.29 is 0 Å². The SMILES string of the molecule is CCc1cnc(Cc2ccc(C#N)cc2)[nH]1. The molecule has 0 aliphatic rings. The van der Waals surface area contributed by atoms with E-state index >= 15 is 0 Å². The molecule has 1 aromatic heterocycles. The van der Waals surface area contributed by atoms with Crippen LogP contribution in [-0.2, 0) is 12.8 Å². The summed E-state index contributed by atoms with van der Waals surface area (Å²) in [6.45, 7) is 2.10. The highest BCUT2D eigenvalue weighted by atomic mass is 14.9. The minimum atomic E-state index is 0.692. The van der Waals surface area contributed by atoms with Crippen LogP contribution in [0.15, 0.2) is 30.5 Å². The summed E-state index contributed by atoms with van der Waals surface area (Å²) < 4.78 is 0. The standard InChI is InChI=1S/C13H13N3/c1-2-12-9-15-13(16-12)7-10-3-5-11(8-14)6-4-10/h3-6,9H,2,7H2,1H3,(H,15,16). The first kappa shape index (κ1) is 10.4. The number of aromatic amines is 1. The molecule has 0 spiro atoms. The van der Waals surface area contributed by atoms with Gasteiger partial charge < -0.3 is 4.98 Å². The molecule has 0 bridgehead atoms. The Morgan fingerprint density at radius 3 is 2.62 bits per heavy atom. The van der Waals surface area contributed by atoms with Crippen LogP contribution in [-0.4, -0.2) is 9.97 Å². The summed E-state index contributed by atoms with van der Waals surface area (Å²) in [7, 11) is 0. The highest BCUT2D eigenvalue weighted by molar-refractivity contribution is 5.32. The van der Waals surface area contributed by atoms with Crippen LogP contribution in [0.1, 0.15) is 29.6 Å². The Labute approximate surface area is 94.8 Å². The number of hydrogen-bond acceptors (Lipinski definition) is 2. The van der Waals surface area contributed by atoms with Crippen molar-refractivity contribution in [1.29, 1.82) is 5.26 Å². The average molecular weight is 211 g/mol. The van der Waals surface area contributed by atoms with Crippen LogP contribution < -0.4 is 0 Å². The van der Waals surface area contributed by atoms with Crippen LogP contribution in [0.4, 0.5) is 0 Å². The third-order valence-corrected chi connectivity index (χ3v) is 2.52. The van der Waals surface area contributed by atoms with Crippen molar-refractivity contribution in [3.63, 3.8) is 0 Å². The molecule has 1 N–H and O–H groups in total. The molecule has 16 heavy (non-hydrogen) atoms. The van der Waals surface area contributed by atoms with E-state index in [0.717, 1.165) is 29.9 Å². The molecule has 1 aromatic carbocycles. The molecule has 0 saturated heterocycles. The summed E-state index contributed by atoms with van der Waals surface area (Å²) in [5.74, 6) is 0.974. The second-order valence-corrected chi connectivity index (χ2v) is 3.69. The van der Waals surface area contributed by atoms with E-state index in [-0.39, 0.29) is 0 Å². The lowest BCUT2D eigenvalue weighted by Crippen LogP contribution is -1.91. The minimum Gasteiger partial charge on any atom is -0.346 e. The van der Waals surface area contributed by atoms with Crippen molar-refractivity contribution >= 4 is 0 Å². The molecule has 3 nitrogen and oxygen atoms in total. The molecule has 0 unspecified atom stereocenters. The lowest BCUT2D eigenvalue weighted by molar-refractivity contribution is 0.988. The summed E-state index contributed by atoms with van der Waals surface area (Å²) in [5.41, 5.74) is 3.01. The number of imidazole rings is 1. The van der Waals surface area contributed by atoms with Crippen LogP contribution in [0.25, 0.3) is 0 Å². The number of aromatic nitrogens is 2. The molecule has 0 atom stereocenters. The van der Waals surface area contributed by atoms with E-state index in [1.54, 1.807) is 0 Å². The maximum absolute atomic E-state index is 8.68. The zero-order valence-corrected chi connectivity index (χ0v) is 9.20. The first-order valence-electron chi connectivity index (χ1n) is 5.33. The van der Waals surface area contributed by atoms with Crippen molar-refractivity contribution in [3.8, 4) is 6.07 Å². The summed E-state index contributed by atoms with van der Waals surface area (Å²) in [4.78, 5) is 7.57. The Morgan fingerprint density at radius 1 is 1.31 bits per heavy atom.